The van der Waals surface area contributed by atoms with Gasteiger partial charge < -0.3 is 9.47 Å². The van der Waals surface area contributed by atoms with Crippen LogP contribution in [0.2, 0.25) is 0 Å². The van der Waals surface area contributed by atoms with Crippen molar-refractivity contribution in [2.24, 2.45) is 46.3 Å². The number of fused-ring (bicyclic) bond motifs is 5. The molecule has 6 nitrogen and oxygen atoms in total. The normalized spacial score (nSPS) is 31.6. The van der Waals surface area contributed by atoms with E-state index in [9.17, 15) is 9.59 Å². The van der Waals surface area contributed by atoms with Gasteiger partial charge in [0.1, 0.15) is 12.7 Å². The standard InChI is InChI=1S/C42H58N2O4/c1-28(2)9-8-10-29(3)34-15-16-35-33-14-13-31-26-32(18-21-41(31,4)36(33)19-22-42(34,35)5)48-39(45)20-24-47-40(46)25-30-12-17-38(44-27-30)37-11-6-7-23-43-37/h6-7,11-13,17,23,27-29,32-36H,8-10,14-16,18-22,24-26H2,1-5H3/t29-,32?,33+,34-,35+,36+,41+,42-/m1/s1. The second-order valence-corrected chi connectivity index (χ2v) is 16.6. The molecule has 6 heteroatoms. The summed E-state index contributed by atoms with van der Waals surface area (Å²) in [6, 6.07) is 9.39. The molecule has 2 aromatic heterocycles. The van der Waals surface area contributed by atoms with Crippen LogP contribution in [-0.2, 0) is 25.5 Å². The highest BCUT2D eigenvalue weighted by atomic mass is 16.6. The summed E-state index contributed by atoms with van der Waals surface area (Å²) in [5.41, 5.74) is 4.56. The Bertz CT molecular complexity index is 1440. The quantitative estimate of drug-likeness (QED) is 0.168. The smallest absolute Gasteiger partial charge is 0.310 e. The predicted octanol–water partition coefficient (Wildman–Crippen LogP) is 9.57. The summed E-state index contributed by atoms with van der Waals surface area (Å²) in [6.45, 7) is 12.5. The number of allylic oxidation sites excluding steroid dienone is 1. The number of ether oxygens (including phenoxy) is 2. The summed E-state index contributed by atoms with van der Waals surface area (Å²) < 4.78 is 11.3. The van der Waals surface area contributed by atoms with Crippen molar-refractivity contribution in [1.29, 1.82) is 0 Å². The molecule has 0 spiro atoms. The lowest BCUT2D eigenvalue weighted by atomic mass is 9.47. The molecule has 2 heterocycles. The summed E-state index contributed by atoms with van der Waals surface area (Å²) in [5.74, 6) is 4.28. The molecule has 6 rings (SSSR count). The van der Waals surface area contributed by atoms with Gasteiger partial charge in [0.25, 0.3) is 0 Å². The largest absolute Gasteiger partial charge is 0.465 e. The second kappa shape index (κ2) is 14.8. The van der Waals surface area contributed by atoms with E-state index in [2.05, 4.69) is 50.7 Å². The maximum atomic E-state index is 12.8. The van der Waals surface area contributed by atoms with Crippen molar-refractivity contribution >= 4 is 11.9 Å². The summed E-state index contributed by atoms with van der Waals surface area (Å²) in [6.07, 6.45) is 19.8. The fourth-order valence-electron chi connectivity index (χ4n) is 10.7. The van der Waals surface area contributed by atoms with Crippen molar-refractivity contribution in [2.45, 2.75) is 124 Å². The number of esters is 2. The molecule has 1 unspecified atom stereocenters. The molecule has 48 heavy (non-hydrogen) atoms. The maximum Gasteiger partial charge on any atom is 0.310 e. The van der Waals surface area contributed by atoms with Gasteiger partial charge in [0.15, 0.2) is 0 Å². The lowest BCUT2D eigenvalue weighted by molar-refractivity contribution is -0.154. The minimum Gasteiger partial charge on any atom is -0.465 e. The zero-order chi connectivity index (χ0) is 33.9. The molecule has 0 N–H and O–H groups in total. The Kier molecular flexibility index (Phi) is 10.8. The number of nitrogens with zero attached hydrogens (tertiary/aromatic N) is 2. The number of carbonyl (C=O) groups excluding carboxylic acids is 2. The van der Waals surface area contributed by atoms with E-state index in [4.69, 9.17) is 9.47 Å². The van der Waals surface area contributed by atoms with Gasteiger partial charge >= 0.3 is 11.9 Å². The average Bonchev–Trinajstić information content (AvgIpc) is 3.43. The topological polar surface area (TPSA) is 78.4 Å². The molecule has 0 bridgehead atoms. The fourth-order valence-corrected chi connectivity index (χ4v) is 10.7. The van der Waals surface area contributed by atoms with E-state index in [1.807, 2.05) is 30.3 Å². The molecule has 0 aliphatic heterocycles. The van der Waals surface area contributed by atoms with Gasteiger partial charge in [0.05, 0.1) is 24.2 Å². The van der Waals surface area contributed by atoms with Gasteiger partial charge in [0, 0.05) is 18.8 Å². The van der Waals surface area contributed by atoms with Crippen molar-refractivity contribution < 1.29 is 19.1 Å². The molecular weight excluding hydrogens is 596 g/mol. The Balaban J connectivity index is 0.958. The highest BCUT2D eigenvalue weighted by molar-refractivity contribution is 5.74. The van der Waals surface area contributed by atoms with Crippen molar-refractivity contribution in [2.75, 3.05) is 6.61 Å². The number of aromatic nitrogens is 2. The van der Waals surface area contributed by atoms with E-state index in [1.54, 1.807) is 12.4 Å². The zero-order valence-electron chi connectivity index (χ0n) is 30.1. The predicted molar refractivity (Wildman–Crippen MR) is 190 cm³/mol. The van der Waals surface area contributed by atoms with Crippen molar-refractivity contribution in [3.8, 4) is 11.4 Å². The average molecular weight is 655 g/mol. The second-order valence-electron chi connectivity index (χ2n) is 16.6. The number of pyridine rings is 2. The Morgan fingerprint density at radius 1 is 0.917 bits per heavy atom. The highest BCUT2D eigenvalue weighted by Gasteiger charge is 2.59. The molecule has 0 saturated heterocycles. The van der Waals surface area contributed by atoms with Crippen LogP contribution in [0.15, 0.2) is 54.4 Å². The molecule has 4 aliphatic rings. The number of carbonyl (C=O) groups is 2. The lowest BCUT2D eigenvalue weighted by Gasteiger charge is -2.58. The van der Waals surface area contributed by atoms with E-state index >= 15 is 0 Å². The van der Waals surface area contributed by atoms with Crippen LogP contribution in [0.3, 0.4) is 0 Å². The third kappa shape index (κ3) is 7.43. The molecule has 0 radical (unpaired) electrons. The van der Waals surface area contributed by atoms with Gasteiger partial charge in [-0.1, -0.05) is 77.7 Å². The highest BCUT2D eigenvalue weighted by Crippen LogP contribution is 2.67. The molecule has 2 aromatic rings. The van der Waals surface area contributed by atoms with Crippen LogP contribution in [-0.4, -0.2) is 34.6 Å². The Morgan fingerprint density at radius 3 is 2.50 bits per heavy atom. The van der Waals surface area contributed by atoms with Crippen LogP contribution in [0.5, 0.6) is 0 Å². The Morgan fingerprint density at radius 2 is 1.75 bits per heavy atom. The summed E-state index contributed by atoms with van der Waals surface area (Å²) in [5, 5.41) is 0. The molecule has 260 valence electrons. The van der Waals surface area contributed by atoms with Gasteiger partial charge in [-0.3, -0.25) is 19.6 Å². The van der Waals surface area contributed by atoms with Gasteiger partial charge in [-0.25, -0.2) is 0 Å². The monoisotopic (exact) mass is 654 g/mol. The SMILES string of the molecule is CC(C)CCC[C@@H](C)[C@H]1CC[C@H]2[C@@H]3CC=C4CC(OC(=O)CCOC(=O)Cc5ccc(-c6ccccn6)nc5)CC[C@]4(C)[C@H]3CC[C@]12C. The van der Waals surface area contributed by atoms with Crippen LogP contribution in [0, 0.1) is 46.3 Å². The number of hydrogen-bond donors (Lipinski definition) is 0. The Labute approximate surface area is 288 Å². The van der Waals surface area contributed by atoms with Crippen molar-refractivity contribution in [3.05, 3.63) is 59.9 Å². The Hall–Kier alpha value is -3.02. The van der Waals surface area contributed by atoms with E-state index in [1.165, 1.54) is 56.9 Å². The number of hydrogen-bond acceptors (Lipinski definition) is 6. The van der Waals surface area contributed by atoms with Crippen LogP contribution in [0.4, 0.5) is 0 Å². The van der Waals surface area contributed by atoms with E-state index in [-0.39, 0.29) is 42.9 Å². The van der Waals surface area contributed by atoms with Gasteiger partial charge in [0.2, 0.25) is 0 Å². The van der Waals surface area contributed by atoms with Crippen LogP contribution >= 0.6 is 0 Å². The lowest BCUT2D eigenvalue weighted by Crippen LogP contribution is -2.51. The van der Waals surface area contributed by atoms with E-state index < -0.39 is 0 Å². The van der Waals surface area contributed by atoms with Gasteiger partial charge in [-0.15, -0.1) is 0 Å². The molecule has 0 amide bonds. The fraction of sp³-hybridized carbons (Fsp3) is 0.667. The molecule has 4 aliphatic carbocycles. The first kappa shape index (κ1) is 34.8. The number of rotatable bonds is 12. The van der Waals surface area contributed by atoms with Gasteiger partial charge in [-0.2, -0.15) is 0 Å². The first-order valence-corrected chi connectivity index (χ1v) is 19.0. The molecule has 0 aromatic carbocycles. The van der Waals surface area contributed by atoms with E-state index in [0.717, 1.165) is 71.7 Å². The summed E-state index contributed by atoms with van der Waals surface area (Å²) >= 11 is 0. The first-order valence-electron chi connectivity index (χ1n) is 19.0. The van der Waals surface area contributed by atoms with Crippen molar-refractivity contribution in [3.63, 3.8) is 0 Å². The summed E-state index contributed by atoms with van der Waals surface area (Å²) in [4.78, 5) is 33.9. The minimum absolute atomic E-state index is 0.0332. The third-order valence-corrected chi connectivity index (χ3v) is 13.2. The minimum atomic E-state index is -0.372. The van der Waals surface area contributed by atoms with E-state index in [0.29, 0.717) is 5.41 Å². The first-order chi connectivity index (χ1) is 23.1. The summed E-state index contributed by atoms with van der Waals surface area (Å²) in [7, 11) is 0. The zero-order valence-corrected chi connectivity index (χ0v) is 30.1. The molecule has 3 fully saturated rings. The van der Waals surface area contributed by atoms with Crippen LogP contribution < -0.4 is 0 Å². The van der Waals surface area contributed by atoms with Gasteiger partial charge in [-0.05, 0) is 115 Å². The third-order valence-electron chi connectivity index (χ3n) is 13.2. The van der Waals surface area contributed by atoms with Crippen molar-refractivity contribution in [1.82, 2.24) is 9.97 Å². The van der Waals surface area contributed by atoms with Crippen LogP contribution in [0.1, 0.15) is 117 Å². The molecule has 8 atom stereocenters. The molecular formula is C42H58N2O4. The van der Waals surface area contributed by atoms with Crippen LogP contribution in [0.25, 0.3) is 11.4 Å². The maximum absolute atomic E-state index is 12.8. The molecule has 3 saturated carbocycles.